The predicted octanol–water partition coefficient (Wildman–Crippen LogP) is 3.93. The van der Waals surface area contributed by atoms with Crippen LogP contribution in [0.25, 0.3) is 11.3 Å². The smallest absolute Gasteiger partial charge is 0.166 e. The summed E-state index contributed by atoms with van der Waals surface area (Å²) in [6.45, 7) is 6.14. The SMILES string of the molecule is CC.CCc1ccc(-c2ccno2)cc1. The van der Waals surface area contributed by atoms with Crippen molar-refractivity contribution in [1.82, 2.24) is 5.16 Å². The summed E-state index contributed by atoms with van der Waals surface area (Å²) >= 11 is 0. The highest BCUT2D eigenvalue weighted by atomic mass is 16.5. The Morgan fingerprint density at radius 1 is 1.07 bits per heavy atom. The van der Waals surface area contributed by atoms with E-state index in [0.29, 0.717) is 0 Å². The molecule has 2 aromatic rings. The van der Waals surface area contributed by atoms with Gasteiger partial charge in [-0.1, -0.05) is 50.2 Å². The van der Waals surface area contributed by atoms with Gasteiger partial charge in [-0.25, -0.2) is 0 Å². The highest BCUT2D eigenvalue weighted by Crippen LogP contribution is 2.18. The van der Waals surface area contributed by atoms with Crippen molar-refractivity contribution in [2.45, 2.75) is 27.2 Å². The Morgan fingerprint density at radius 2 is 1.73 bits per heavy atom. The highest BCUT2D eigenvalue weighted by molar-refractivity contribution is 5.56. The van der Waals surface area contributed by atoms with Gasteiger partial charge in [0.15, 0.2) is 5.76 Å². The molecule has 0 aliphatic carbocycles. The summed E-state index contributed by atoms with van der Waals surface area (Å²) in [6, 6.07) is 10.2. The Labute approximate surface area is 90.9 Å². The summed E-state index contributed by atoms with van der Waals surface area (Å²) in [4.78, 5) is 0. The van der Waals surface area contributed by atoms with E-state index in [1.165, 1.54) is 5.56 Å². The van der Waals surface area contributed by atoms with Crippen molar-refractivity contribution in [3.8, 4) is 11.3 Å². The molecule has 1 heterocycles. The van der Waals surface area contributed by atoms with Crippen molar-refractivity contribution in [3.63, 3.8) is 0 Å². The average molecular weight is 203 g/mol. The summed E-state index contributed by atoms with van der Waals surface area (Å²) in [5, 5.41) is 3.67. The average Bonchev–Trinajstić information content (AvgIpc) is 2.85. The molecule has 0 saturated carbocycles. The Balaban J connectivity index is 0.000000531. The molecule has 0 aliphatic rings. The van der Waals surface area contributed by atoms with Crippen LogP contribution in [0.15, 0.2) is 41.1 Å². The molecular weight excluding hydrogens is 186 g/mol. The molecule has 0 amide bonds. The molecule has 0 spiro atoms. The molecule has 1 aromatic heterocycles. The predicted molar refractivity (Wildman–Crippen MR) is 62.7 cm³/mol. The Bertz CT molecular complexity index is 362. The van der Waals surface area contributed by atoms with E-state index < -0.39 is 0 Å². The second-order valence-corrected chi connectivity index (χ2v) is 2.93. The van der Waals surface area contributed by atoms with Gasteiger partial charge in [-0.05, 0) is 12.0 Å². The van der Waals surface area contributed by atoms with Gasteiger partial charge in [-0.2, -0.15) is 0 Å². The molecule has 0 bridgehead atoms. The number of hydrogen-bond donors (Lipinski definition) is 0. The summed E-state index contributed by atoms with van der Waals surface area (Å²) < 4.78 is 5.04. The third-order valence-electron chi connectivity index (χ3n) is 2.08. The van der Waals surface area contributed by atoms with Crippen LogP contribution in [-0.2, 0) is 6.42 Å². The largest absolute Gasteiger partial charge is 0.356 e. The molecule has 0 atom stereocenters. The van der Waals surface area contributed by atoms with E-state index in [0.717, 1.165) is 17.7 Å². The van der Waals surface area contributed by atoms with Crippen LogP contribution in [0.3, 0.4) is 0 Å². The molecule has 0 fully saturated rings. The maximum Gasteiger partial charge on any atom is 0.166 e. The zero-order valence-corrected chi connectivity index (χ0v) is 9.53. The molecule has 0 radical (unpaired) electrons. The van der Waals surface area contributed by atoms with Gasteiger partial charge in [0.1, 0.15) is 0 Å². The van der Waals surface area contributed by atoms with E-state index in [2.05, 4.69) is 36.3 Å². The number of aromatic nitrogens is 1. The van der Waals surface area contributed by atoms with Crippen molar-refractivity contribution in [2.75, 3.05) is 0 Å². The minimum absolute atomic E-state index is 0.822. The second-order valence-electron chi connectivity index (χ2n) is 2.93. The van der Waals surface area contributed by atoms with Crippen LogP contribution in [0.1, 0.15) is 26.3 Å². The quantitative estimate of drug-likeness (QED) is 0.739. The lowest BCUT2D eigenvalue weighted by Gasteiger charge is -1.97. The third kappa shape index (κ3) is 2.94. The normalized spacial score (nSPS) is 9.27. The van der Waals surface area contributed by atoms with Gasteiger partial charge in [0.2, 0.25) is 0 Å². The summed E-state index contributed by atoms with van der Waals surface area (Å²) in [5.41, 5.74) is 2.41. The lowest BCUT2D eigenvalue weighted by molar-refractivity contribution is 0.432. The first-order chi connectivity index (χ1) is 7.40. The minimum Gasteiger partial charge on any atom is -0.356 e. The lowest BCUT2D eigenvalue weighted by atomic mass is 10.1. The number of benzene rings is 1. The third-order valence-corrected chi connectivity index (χ3v) is 2.08. The van der Waals surface area contributed by atoms with Gasteiger partial charge < -0.3 is 4.52 Å². The topological polar surface area (TPSA) is 26.0 Å². The van der Waals surface area contributed by atoms with Crippen LogP contribution in [-0.4, -0.2) is 5.16 Å². The summed E-state index contributed by atoms with van der Waals surface area (Å²) in [7, 11) is 0. The molecule has 15 heavy (non-hydrogen) atoms. The van der Waals surface area contributed by atoms with Gasteiger partial charge in [0.05, 0.1) is 6.20 Å². The van der Waals surface area contributed by atoms with Crippen LogP contribution in [0.2, 0.25) is 0 Å². The number of nitrogens with zero attached hydrogens (tertiary/aromatic N) is 1. The van der Waals surface area contributed by atoms with Crippen molar-refractivity contribution in [2.24, 2.45) is 0 Å². The fourth-order valence-corrected chi connectivity index (χ4v) is 1.27. The van der Waals surface area contributed by atoms with Crippen molar-refractivity contribution >= 4 is 0 Å². The lowest BCUT2D eigenvalue weighted by Crippen LogP contribution is -1.79. The molecule has 0 unspecified atom stereocenters. The van der Waals surface area contributed by atoms with Crippen molar-refractivity contribution in [3.05, 3.63) is 42.1 Å². The van der Waals surface area contributed by atoms with Crippen molar-refractivity contribution < 1.29 is 4.52 Å². The van der Waals surface area contributed by atoms with E-state index in [1.54, 1.807) is 6.20 Å². The van der Waals surface area contributed by atoms with Gasteiger partial charge in [0.25, 0.3) is 0 Å². The van der Waals surface area contributed by atoms with Gasteiger partial charge in [-0.3, -0.25) is 0 Å². The molecule has 80 valence electrons. The zero-order valence-electron chi connectivity index (χ0n) is 9.53. The van der Waals surface area contributed by atoms with Gasteiger partial charge in [-0.15, -0.1) is 0 Å². The number of rotatable bonds is 2. The van der Waals surface area contributed by atoms with Crippen LogP contribution in [0, 0.1) is 0 Å². The Kier molecular flexibility index (Phi) is 4.61. The maximum absolute atomic E-state index is 5.04. The first kappa shape index (κ1) is 11.5. The molecule has 1 aromatic carbocycles. The fraction of sp³-hybridized carbons (Fsp3) is 0.308. The van der Waals surface area contributed by atoms with E-state index in [9.17, 15) is 0 Å². The van der Waals surface area contributed by atoms with Gasteiger partial charge in [0, 0.05) is 11.6 Å². The van der Waals surface area contributed by atoms with Crippen LogP contribution in [0.5, 0.6) is 0 Å². The molecule has 2 heteroatoms. The van der Waals surface area contributed by atoms with E-state index in [4.69, 9.17) is 4.52 Å². The maximum atomic E-state index is 5.04. The van der Waals surface area contributed by atoms with Crippen LogP contribution >= 0.6 is 0 Å². The highest BCUT2D eigenvalue weighted by Gasteiger charge is 1.99. The van der Waals surface area contributed by atoms with Crippen molar-refractivity contribution in [1.29, 1.82) is 0 Å². The minimum atomic E-state index is 0.822. The van der Waals surface area contributed by atoms with E-state index in [-0.39, 0.29) is 0 Å². The fourth-order valence-electron chi connectivity index (χ4n) is 1.27. The summed E-state index contributed by atoms with van der Waals surface area (Å²) in [6.07, 6.45) is 2.72. The monoisotopic (exact) mass is 203 g/mol. The molecule has 2 nitrogen and oxygen atoms in total. The molecule has 0 aliphatic heterocycles. The zero-order chi connectivity index (χ0) is 11.1. The van der Waals surface area contributed by atoms with Crippen LogP contribution < -0.4 is 0 Å². The molecular formula is C13H17NO. The number of aryl methyl sites for hydroxylation is 1. The Hall–Kier alpha value is -1.57. The number of hydrogen-bond acceptors (Lipinski definition) is 2. The first-order valence-electron chi connectivity index (χ1n) is 5.40. The molecule has 0 N–H and O–H groups in total. The molecule has 2 rings (SSSR count). The standard InChI is InChI=1S/C11H11NO.C2H6/c1-2-9-3-5-10(6-4-9)11-7-8-12-13-11;1-2/h3-8H,2H2,1H3;1-2H3. The van der Waals surface area contributed by atoms with Gasteiger partial charge >= 0.3 is 0 Å². The summed E-state index contributed by atoms with van der Waals surface area (Å²) in [5.74, 6) is 0.822. The molecule has 0 saturated heterocycles. The van der Waals surface area contributed by atoms with E-state index >= 15 is 0 Å². The second kappa shape index (κ2) is 6.02. The first-order valence-corrected chi connectivity index (χ1v) is 5.40. The Morgan fingerprint density at radius 3 is 2.20 bits per heavy atom. The van der Waals surface area contributed by atoms with Crippen LogP contribution in [0.4, 0.5) is 0 Å². The van der Waals surface area contributed by atoms with E-state index in [1.807, 2.05) is 19.9 Å².